The second kappa shape index (κ2) is 4.84. The Labute approximate surface area is 113 Å². The molecule has 2 aromatic rings. The molecule has 1 aromatic carbocycles. The summed E-state index contributed by atoms with van der Waals surface area (Å²) in [5.41, 5.74) is 1.92. The lowest BCUT2D eigenvalue weighted by molar-refractivity contribution is 0.103. The van der Waals surface area contributed by atoms with Crippen molar-refractivity contribution in [1.29, 1.82) is 0 Å². The number of benzene rings is 1. The number of carbonyl (C=O) groups is 1. The number of hydrogen-bond donors (Lipinski definition) is 0. The third-order valence-electron chi connectivity index (χ3n) is 2.39. The minimum absolute atomic E-state index is 0.0142. The molecule has 0 aliphatic rings. The standard InChI is InChI=1S/C12H9ClO3S2/c1-8-2-4-9(5-3-8)12(14)10-6-11(17-7-10)18(13,15)16/h2-7H,1H3. The molecule has 1 heterocycles. The molecule has 6 heteroatoms. The van der Waals surface area contributed by atoms with Crippen LogP contribution in [0.4, 0.5) is 0 Å². The van der Waals surface area contributed by atoms with Crippen LogP contribution in [0, 0.1) is 6.92 Å². The summed E-state index contributed by atoms with van der Waals surface area (Å²) in [5.74, 6) is -0.210. The third-order valence-corrected chi connectivity index (χ3v) is 5.43. The molecule has 2 rings (SSSR count). The maximum Gasteiger partial charge on any atom is 0.270 e. The lowest BCUT2D eigenvalue weighted by Gasteiger charge is -1.98. The van der Waals surface area contributed by atoms with E-state index in [0.29, 0.717) is 11.1 Å². The highest BCUT2D eigenvalue weighted by molar-refractivity contribution is 8.15. The van der Waals surface area contributed by atoms with Crippen molar-refractivity contribution >= 4 is 36.9 Å². The molecule has 0 unspecified atom stereocenters. The van der Waals surface area contributed by atoms with Crippen molar-refractivity contribution in [2.24, 2.45) is 0 Å². The van der Waals surface area contributed by atoms with Crippen molar-refractivity contribution < 1.29 is 13.2 Å². The predicted octanol–water partition coefficient (Wildman–Crippen LogP) is 3.22. The Kier molecular flexibility index (Phi) is 3.56. The van der Waals surface area contributed by atoms with Crippen molar-refractivity contribution in [1.82, 2.24) is 0 Å². The number of ketones is 1. The molecule has 0 atom stereocenters. The normalized spacial score (nSPS) is 11.4. The zero-order chi connectivity index (χ0) is 13.3. The summed E-state index contributed by atoms with van der Waals surface area (Å²) < 4.78 is 22.2. The van der Waals surface area contributed by atoms with Crippen LogP contribution in [0.2, 0.25) is 0 Å². The molecule has 94 valence electrons. The molecule has 0 fully saturated rings. The van der Waals surface area contributed by atoms with E-state index in [1.807, 2.05) is 19.1 Å². The predicted molar refractivity (Wildman–Crippen MR) is 72.0 cm³/mol. The zero-order valence-electron chi connectivity index (χ0n) is 9.38. The van der Waals surface area contributed by atoms with Gasteiger partial charge in [0.2, 0.25) is 0 Å². The fourth-order valence-electron chi connectivity index (χ4n) is 1.44. The van der Waals surface area contributed by atoms with E-state index >= 15 is 0 Å². The van der Waals surface area contributed by atoms with Crippen LogP contribution in [0.15, 0.2) is 39.9 Å². The van der Waals surface area contributed by atoms with Gasteiger partial charge < -0.3 is 0 Å². The van der Waals surface area contributed by atoms with Gasteiger partial charge in [0.25, 0.3) is 9.05 Å². The molecular formula is C12H9ClO3S2. The lowest BCUT2D eigenvalue weighted by Crippen LogP contribution is -1.99. The van der Waals surface area contributed by atoms with E-state index in [2.05, 4.69) is 0 Å². The SMILES string of the molecule is Cc1ccc(C(=O)c2csc(S(=O)(=O)Cl)c2)cc1. The Morgan fingerprint density at radius 2 is 1.78 bits per heavy atom. The quantitative estimate of drug-likeness (QED) is 0.646. The number of rotatable bonds is 3. The monoisotopic (exact) mass is 300 g/mol. The molecule has 1 aromatic heterocycles. The average molecular weight is 301 g/mol. The first-order chi connectivity index (χ1) is 8.38. The first kappa shape index (κ1) is 13.3. The van der Waals surface area contributed by atoms with Crippen molar-refractivity contribution in [3.8, 4) is 0 Å². The van der Waals surface area contributed by atoms with Gasteiger partial charge in [0.15, 0.2) is 5.78 Å². The van der Waals surface area contributed by atoms with Crippen molar-refractivity contribution in [3.63, 3.8) is 0 Å². The topological polar surface area (TPSA) is 51.2 Å². The molecule has 0 saturated heterocycles. The van der Waals surface area contributed by atoms with Crippen LogP contribution in [0.5, 0.6) is 0 Å². The largest absolute Gasteiger partial charge is 0.289 e. The van der Waals surface area contributed by atoms with Crippen molar-refractivity contribution in [3.05, 3.63) is 52.4 Å². The Hall–Kier alpha value is -1.17. The number of halogens is 1. The Morgan fingerprint density at radius 1 is 1.17 bits per heavy atom. The van der Waals surface area contributed by atoms with Gasteiger partial charge in [-0.05, 0) is 13.0 Å². The zero-order valence-corrected chi connectivity index (χ0v) is 11.8. The van der Waals surface area contributed by atoms with Gasteiger partial charge in [-0.15, -0.1) is 11.3 Å². The van der Waals surface area contributed by atoms with Crippen LogP contribution in [-0.4, -0.2) is 14.2 Å². The highest BCUT2D eigenvalue weighted by atomic mass is 35.7. The molecule has 0 spiro atoms. The van der Waals surface area contributed by atoms with E-state index < -0.39 is 9.05 Å². The number of aryl methyl sites for hydroxylation is 1. The maximum atomic E-state index is 12.1. The molecule has 0 aliphatic heterocycles. The van der Waals surface area contributed by atoms with E-state index in [1.54, 1.807) is 12.1 Å². The van der Waals surface area contributed by atoms with Gasteiger partial charge in [0.05, 0.1) is 0 Å². The molecule has 0 radical (unpaired) electrons. The minimum atomic E-state index is -3.77. The fourth-order valence-corrected chi connectivity index (χ4v) is 3.38. The Balaban J connectivity index is 2.35. The van der Waals surface area contributed by atoms with Crippen molar-refractivity contribution in [2.75, 3.05) is 0 Å². The van der Waals surface area contributed by atoms with Crippen LogP contribution in [0.3, 0.4) is 0 Å². The van der Waals surface area contributed by atoms with Gasteiger partial charge in [-0.25, -0.2) is 8.42 Å². The highest BCUT2D eigenvalue weighted by Crippen LogP contribution is 2.25. The van der Waals surface area contributed by atoms with Crippen molar-refractivity contribution in [2.45, 2.75) is 11.1 Å². The van der Waals surface area contributed by atoms with Gasteiger partial charge in [0, 0.05) is 27.2 Å². The second-order valence-corrected chi connectivity index (χ2v) is 7.49. The third kappa shape index (κ3) is 2.80. The molecule has 0 aliphatic carbocycles. The molecule has 0 amide bonds. The van der Waals surface area contributed by atoms with Gasteiger partial charge in [0.1, 0.15) is 4.21 Å². The van der Waals surface area contributed by atoms with Crippen LogP contribution in [0.25, 0.3) is 0 Å². The molecule has 18 heavy (non-hydrogen) atoms. The van der Waals surface area contributed by atoms with Gasteiger partial charge in [-0.3, -0.25) is 4.79 Å². The average Bonchev–Trinajstić information content (AvgIpc) is 2.78. The summed E-state index contributed by atoms with van der Waals surface area (Å²) in [7, 11) is 1.45. The molecule has 0 N–H and O–H groups in total. The van der Waals surface area contributed by atoms with E-state index in [0.717, 1.165) is 16.9 Å². The second-order valence-electron chi connectivity index (χ2n) is 3.79. The molecule has 3 nitrogen and oxygen atoms in total. The van der Waals surface area contributed by atoms with Gasteiger partial charge in [-0.2, -0.15) is 0 Å². The summed E-state index contributed by atoms with van der Waals surface area (Å²) in [5, 5.41) is 1.50. The van der Waals surface area contributed by atoms with Gasteiger partial charge >= 0.3 is 0 Å². The summed E-state index contributed by atoms with van der Waals surface area (Å²) in [4.78, 5) is 12.1. The molecular weight excluding hydrogens is 292 g/mol. The van der Waals surface area contributed by atoms with Crippen LogP contribution in [0.1, 0.15) is 21.5 Å². The Bertz CT molecular complexity index is 684. The highest BCUT2D eigenvalue weighted by Gasteiger charge is 2.17. The van der Waals surface area contributed by atoms with Crippen LogP contribution >= 0.6 is 22.0 Å². The van der Waals surface area contributed by atoms with E-state index in [9.17, 15) is 13.2 Å². The lowest BCUT2D eigenvalue weighted by atomic mass is 10.1. The van der Waals surface area contributed by atoms with E-state index in [1.165, 1.54) is 11.4 Å². The molecule has 0 bridgehead atoms. The number of carbonyl (C=O) groups excluding carboxylic acids is 1. The van der Waals surface area contributed by atoms with Crippen LogP contribution < -0.4 is 0 Å². The summed E-state index contributed by atoms with van der Waals surface area (Å²) in [6, 6.07) is 8.39. The smallest absolute Gasteiger partial charge is 0.270 e. The van der Waals surface area contributed by atoms with Crippen LogP contribution in [-0.2, 0) is 9.05 Å². The van der Waals surface area contributed by atoms with E-state index in [4.69, 9.17) is 10.7 Å². The fraction of sp³-hybridized carbons (Fsp3) is 0.0833. The first-order valence-electron chi connectivity index (χ1n) is 5.02. The summed E-state index contributed by atoms with van der Waals surface area (Å²) in [6.45, 7) is 1.93. The number of thiophene rings is 1. The van der Waals surface area contributed by atoms with E-state index in [-0.39, 0.29) is 9.99 Å². The summed E-state index contributed by atoms with van der Waals surface area (Å²) in [6.07, 6.45) is 0. The first-order valence-corrected chi connectivity index (χ1v) is 8.21. The summed E-state index contributed by atoms with van der Waals surface area (Å²) >= 11 is 0.942. The van der Waals surface area contributed by atoms with Gasteiger partial charge in [-0.1, -0.05) is 29.8 Å². The minimum Gasteiger partial charge on any atom is -0.289 e. The number of hydrogen-bond acceptors (Lipinski definition) is 4. The Morgan fingerprint density at radius 3 is 2.28 bits per heavy atom. The maximum absolute atomic E-state index is 12.1. The molecule has 0 saturated carbocycles.